The average molecular weight is 304 g/mol. The lowest BCUT2D eigenvalue weighted by Gasteiger charge is -2.09. The topological polar surface area (TPSA) is 91.8 Å². The van der Waals surface area contributed by atoms with E-state index in [2.05, 4.69) is 10.3 Å². The number of nitriles is 1. The molecular formula is C17H12N4O2. The van der Waals surface area contributed by atoms with E-state index in [1.165, 1.54) is 6.07 Å². The molecule has 6 heteroatoms. The van der Waals surface area contributed by atoms with Gasteiger partial charge < -0.3 is 5.32 Å². The maximum atomic E-state index is 11.2. The van der Waals surface area contributed by atoms with Crippen molar-refractivity contribution in [1.29, 1.82) is 5.26 Å². The summed E-state index contributed by atoms with van der Waals surface area (Å²) in [6.07, 6.45) is 1.72. The number of fused-ring (bicyclic) bond motifs is 1. The maximum Gasteiger partial charge on any atom is 0.293 e. The van der Waals surface area contributed by atoms with Gasteiger partial charge in [-0.25, -0.2) is 0 Å². The summed E-state index contributed by atoms with van der Waals surface area (Å²) < 4.78 is 0. The van der Waals surface area contributed by atoms with E-state index in [9.17, 15) is 10.1 Å². The highest BCUT2D eigenvalue weighted by atomic mass is 16.6. The lowest BCUT2D eigenvalue weighted by molar-refractivity contribution is -0.384. The van der Waals surface area contributed by atoms with Gasteiger partial charge in [-0.15, -0.1) is 0 Å². The van der Waals surface area contributed by atoms with E-state index in [1.807, 2.05) is 36.4 Å². The summed E-state index contributed by atoms with van der Waals surface area (Å²) in [5, 5.41) is 24.1. The first kappa shape index (κ1) is 14.5. The van der Waals surface area contributed by atoms with E-state index in [0.29, 0.717) is 12.2 Å². The molecule has 0 aliphatic rings. The molecule has 3 rings (SSSR count). The van der Waals surface area contributed by atoms with Gasteiger partial charge in [-0.1, -0.05) is 24.3 Å². The van der Waals surface area contributed by atoms with Gasteiger partial charge in [0, 0.05) is 24.2 Å². The van der Waals surface area contributed by atoms with Crippen LogP contribution in [0.2, 0.25) is 0 Å². The van der Waals surface area contributed by atoms with Crippen LogP contribution in [-0.2, 0) is 6.54 Å². The Labute approximate surface area is 132 Å². The van der Waals surface area contributed by atoms with Gasteiger partial charge >= 0.3 is 0 Å². The molecule has 23 heavy (non-hydrogen) atoms. The summed E-state index contributed by atoms with van der Waals surface area (Å²) in [5.41, 5.74) is 2.33. The van der Waals surface area contributed by atoms with E-state index < -0.39 is 4.92 Å². The number of aromatic nitrogens is 1. The van der Waals surface area contributed by atoms with Gasteiger partial charge in [0.15, 0.2) is 0 Å². The molecule has 0 radical (unpaired) electrons. The average Bonchev–Trinajstić information content (AvgIpc) is 2.59. The van der Waals surface area contributed by atoms with Crippen LogP contribution in [0.1, 0.15) is 11.1 Å². The predicted octanol–water partition coefficient (Wildman–Crippen LogP) is 3.63. The smallest absolute Gasteiger partial charge is 0.293 e. The normalized spacial score (nSPS) is 10.2. The van der Waals surface area contributed by atoms with E-state index in [4.69, 9.17) is 5.26 Å². The third kappa shape index (κ3) is 2.94. The van der Waals surface area contributed by atoms with Gasteiger partial charge in [-0.05, 0) is 23.8 Å². The highest BCUT2D eigenvalue weighted by Crippen LogP contribution is 2.26. The van der Waals surface area contributed by atoms with E-state index >= 15 is 0 Å². The minimum absolute atomic E-state index is 0.114. The SMILES string of the molecule is N#Cc1ccc(NCc2cccc3cccnc23)c([N+](=O)[O-])c1. The highest BCUT2D eigenvalue weighted by molar-refractivity contribution is 5.81. The van der Waals surface area contributed by atoms with Gasteiger partial charge in [0.2, 0.25) is 0 Å². The Morgan fingerprint density at radius 2 is 2.04 bits per heavy atom. The van der Waals surface area contributed by atoms with E-state index in [0.717, 1.165) is 16.5 Å². The number of nitrogens with one attached hydrogen (secondary N) is 1. The van der Waals surface area contributed by atoms with Gasteiger partial charge in [-0.3, -0.25) is 15.1 Å². The Morgan fingerprint density at radius 3 is 2.83 bits per heavy atom. The van der Waals surface area contributed by atoms with Crippen LogP contribution in [0.15, 0.2) is 54.7 Å². The molecule has 0 bridgehead atoms. The number of nitrogens with zero attached hydrogens (tertiary/aromatic N) is 3. The number of benzene rings is 2. The molecule has 6 nitrogen and oxygen atoms in total. The van der Waals surface area contributed by atoms with Gasteiger partial charge in [0.1, 0.15) is 5.69 Å². The number of pyridine rings is 1. The van der Waals surface area contributed by atoms with Crippen molar-refractivity contribution >= 4 is 22.3 Å². The Kier molecular flexibility index (Phi) is 3.85. The molecule has 1 heterocycles. The number of hydrogen-bond donors (Lipinski definition) is 1. The zero-order chi connectivity index (χ0) is 16.2. The minimum atomic E-state index is -0.496. The Hall–Kier alpha value is -3.46. The van der Waals surface area contributed by atoms with Crippen molar-refractivity contribution in [3.05, 3.63) is 76.0 Å². The van der Waals surface area contributed by atoms with Crippen LogP contribution < -0.4 is 5.32 Å². The van der Waals surface area contributed by atoms with Gasteiger partial charge in [0.05, 0.1) is 22.1 Å². The van der Waals surface area contributed by atoms with Crippen LogP contribution >= 0.6 is 0 Å². The van der Waals surface area contributed by atoms with Gasteiger partial charge in [0.25, 0.3) is 5.69 Å². The lowest BCUT2D eigenvalue weighted by atomic mass is 10.1. The molecule has 0 aliphatic carbocycles. The summed E-state index contributed by atoms with van der Waals surface area (Å²) in [7, 11) is 0. The summed E-state index contributed by atoms with van der Waals surface area (Å²) in [6, 6.07) is 15.9. The largest absolute Gasteiger partial charge is 0.375 e. The number of hydrogen-bond acceptors (Lipinski definition) is 5. The number of anilines is 1. The van der Waals surface area contributed by atoms with Crippen LogP contribution in [0.5, 0.6) is 0 Å². The molecule has 0 aliphatic heterocycles. The first-order valence-corrected chi connectivity index (χ1v) is 6.94. The molecule has 2 aromatic carbocycles. The van der Waals surface area contributed by atoms with Crippen LogP contribution in [0, 0.1) is 21.4 Å². The number of para-hydroxylation sites is 1. The fourth-order valence-electron chi connectivity index (χ4n) is 2.40. The van der Waals surface area contributed by atoms with Crippen LogP contribution in [0.3, 0.4) is 0 Å². The van der Waals surface area contributed by atoms with Crippen molar-refractivity contribution in [1.82, 2.24) is 4.98 Å². The molecule has 1 aromatic heterocycles. The third-order valence-corrected chi connectivity index (χ3v) is 3.51. The maximum absolute atomic E-state index is 11.2. The fraction of sp³-hybridized carbons (Fsp3) is 0.0588. The summed E-state index contributed by atoms with van der Waals surface area (Å²) in [6.45, 7) is 0.404. The minimum Gasteiger partial charge on any atom is -0.375 e. The first-order chi connectivity index (χ1) is 11.2. The molecule has 112 valence electrons. The monoisotopic (exact) mass is 304 g/mol. The summed E-state index contributed by atoms with van der Waals surface area (Å²) in [5.74, 6) is 0. The van der Waals surface area contributed by atoms with Crippen molar-refractivity contribution in [3.8, 4) is 6.07 Å². The van der Waals surface area contributed by atoms with Crippen molar-refractivity contribution in [2.75, 3.05) is 5.32 Å². The molecule has 0 saturated carbocycles. The van der Waals surface area contributed by atoms with Crippen LogP contribution in [-0.4, -0.2) is 9.91 Å². The molecule has 0 unspecified atom stereocenters. The summed E-state index contributed by atoms with van der Waals surface area (Å²) in [4.78, 5) is 15.0. The van der Waals surface area contributed by atoms with Crippen molar-refractivity contribution < 1.29 is 4.92 Å². The van der Waals surface area contributed by atoms with Crippen molar-refractivity contribution in [2.45, 2.75) is 6.54 Å². The zero-order valence-corrected chi connectivity index (χ0v) is 12.1. The second-order valence-corrected chi connectivity index (χ2v) is 4.95. The standard InChI is InChI=1S/C17H12N4O2/c18-10-12-6-7-15(16(9-12)21(22)23)20-11-14-4-1-3-13-5-2-8-19-17(13)14/h1-9,20H,11H2. The molecule has 1 N–H and O–H groups in total. The first-order valence-electron chi connectivity index (χ1n) is 6.94. The Morgan fingerprint density at radius 1 is 1.22 bits per heavy atom. The zero-order valence-electron chi connectivity index (χ0n) is 12.1. The van der Waals surface area contributed by atoms with Gasteiger partial charge in [-0.2, -0.15) is 5.26 Å². The second-order valence-electron chi connectivity index (χ2n) is 4.95. The second kappa shape index (κ2) is 6.12. The number of rotatable bonds is 4. The molecule has 0 saturated heterocycles. The van der Waals surface area contributed by atoms with Crippen molar-refractivity contribution in [3.63, 3.8) is 0 Å². The molecule has 0 spiro atoms. The summed E-state index contributed by atoms with van der Waals surface area (Å²) >= 11 is 0. The lowest BCUT2D eigenvalue weighted by Crippen LogP contribution is -2.04. The molecular weight excluding hydrogens is 292 g/mol. The molecule has 0 atom stereocenters. The van der Waals surface area contributed by atoms with Crippen LogP contribution in [0.4, 0.5) is 11.4 Å². The Balaban J connectivity index is 1.91. The Bertz CT molecular complexity index is 926. The highest BCUT2D eigenvalue weighted by Gasteiger charge is 2.14. The third-order valence-electron chi connectivity index (χ3n) is 3.51. The molecule has 0 amide bonds. The number of nitro benzene ring substituents is 1. The van der Waals surface area contributed by atoms with Crippen LogP contribution in [0.25, 0.3) is 10.9 Å². The quantitative estimate of drug-likeness (QED) is 0.587. The molecule has 3 aromatic rings. The fourth-order valence-corrected chi connectivity index (χ4v) is 2.40. The van der Waals surface area contributed by atoms with E-state index in [-0.39, 0.29) is 11.3 Å². The van der Waals surface area contributed by atoms with E-state index in [1.54, 1.807) is 18.3 Å². The molecule has 0 fully saturated rings. The predicted molar refractivity (Wildman–Crippen MR) is 86.9 cm³/mol. The van der Waals surface area contributed by atoms with Crippen molar-refractivity contribution in [2.24, 2.45) is 0 Å². The number of nitro groups is 1.